The van der Waals surface area contributed by atoms with E-state index in [-0.39, 0.29) is 10.4 Å². The van der Waals surface area contributed by atoms with Crippen LogP contribution in [0.3, 0.4) is 0 Å². The minimum absolute atomic E-state index is 0.0338. The Hall–Kier alpha value is 0.360. The summed E-state index contributed by atoms with van der Waals surface area (Å²) < 4.78 is 11.7. The highest BCUT2D eigenvalue weighted by atomic mass is 32.2. The van der Waals surface area contributed by atoms with Gasteiger partial charge < -0.3 is 9.47 Å². The third kappa shape index (κ3) is 3.91. The number of ether oxygens (including phenoxy) is 2. The molecule has 0 fully saturated rings. The molecule has 1 atom stereocenters. The maximum Gasteiger partial charge on any atom is 0.181 e. The Morgan fingerprint density at radius 3 is 2.35 bits per heavy atom. The van der Waals surface area contributed by atoms with Crippen LogP contribution in [0.2, 0.25) is 0 Å². The first-order valence-electron chi connectivity index (χ1n) is 6.47. The standard InChI is InChI=1S/C13H24O2S2/c1-5-11-9-10-13(17-11,16-8-4)12(14-6-2)15-7-3/h9,12H,5-8,10H2,1-4H3. The molecule has 1 aliphatic heterocycles. The van der Waals surface area contributed by atoms with Crippen molar-refractivity contribution in [2.75, 3.05) is 19.0 Å². The summed E-state index contributed by atoms with van der Waals surface area (Å²) in [6, 6.07) is 0. The van der Waals surface area contributed by atoms with Crippen molar-refractivity contribution in [2.24, 2.45) is 0 Å². The normalized spacial score (nSPS) is 24.4. The van der Waals surface area contributed by atoms with Crippen molar-refractivity contribution in [3.05, 3.63) is 11.0 Å². The van der Waals surface area contributed by atoms with Gasteiger partial charge in [-0.05, 0) is 37.3 Å². The molecule has 0 saturated heterocycles. The molecule has 0 radical (unpaired) electrons. The van der Waals surface area contributed by atoms with Gasteiger partial charge in [-0.2, -0.15) is 0 Å². The van der Waals surface area contributed by atoms with Gasteiger partial charge in [-0.3, -0.25) is 0 Å². The fourth-order valence-corrected chi connectivity index (χ4v) is 4.95. The van der Waals surface area contributed by atoms with Crippen LogP contribution < -0.4 is 0 Å². The number of allylic oxidation sites excluding steroid dienone is 2. The Kier molecular flexibility index (Phi) is 7.00. The van der Waals surface area contributed by atoms with Crippen molar-refractivity contribution >= 4 is 23.5 Å². The molecule has 1 unspecified atom stereocenters. The molecule has 0 aliphatic carbocycles. The van der Waals surface area contributed by atoms with Crippen molar-refractivity contribution in [3.8, 4) is 0 Å². The van der Waals surface area contributed by atoms with Crippen molar-refractivity contribution < 1.29 is 9.47 Å². The van der Waals surface area contributed by atoms with Gasteiger partial charge in [0.25, 0.3) is 0 Å². The molecule has 1 rings (SSSR count). The Morgan fingerprint density at radius 1 is 1.29 bits per heavy atom. The maximum atomic E-state index is 5.82. The van der Waals surface area contributed by atoms with Gasteiger partial charge in [0.15, 0.2) is 6.29 Å². The fourth-order valence-electron chi connectivity index (χ4n) is 1.93. The first-order valence-corrected chi connectivity index (χ1v) is 8.27. The Labute approximate surface area is 114 Å². The van der Waals surface area contributed by atoms with Gasteiger partial charge in [-0.1, -0.05) is 19.9 Å². The van der Waals surface area contributed by atoms with Gasteiger partial charge in [0.1, 0.15) is 4.08 Å². The molecule has 1 heterocycles. The van der Waals surface area contributed by atoms with Crippen LogP contribution in [0.4, 0.5) is 0 Å². The number of thioether (sulfide) groups is 2. The van der Waals surface area contributed by atoms with Crippen LogP contribution in [-0.4, -0.2) is 29.3 Å². The molecule has 0 aromatic carbocycles. The van der Waals surface area contributed by atoms with Gasteiger partial charge in [-0.25, -0.2) is 0 Å². The molecule has 0 bridgehead atoms. The molecule has 0 amide bonds. The second-order valence-corrected chi connectivity index (χ2v) is 7.13. The van der Waals surface area contributed by atoms with E-state index in [1.807, 2.05) is 37.4 Å². The van der Waals surface area contributed by atoms with E-state index in [1.165, 1.54) is 4.91 Å². The van der Waals surface area contributed by atoms with Gasteiger partial charge in [0, 0.05) is 13.2 Å². The lowest BCUT2D eigenvalue weighted by atomic mass is 10.2. The predicted molar refractivity (Wildman–Crippen MR) is 78.5 cm³/mol. The summed E-state index contributed by atoms with van der Waals surface area (Å²) in [5.74, 6) is 1.09. The highest BCUT2D eigenvalue weighted by Gasteiger charge is 2.44. The number of rotatable bonds is 8. The van der Waals surface area contributed by atoms with Crippen LogP contribution in [0.5, 0.6) is 0 Å². The Morgan fingerprint density at radius 2 is 1.94 bits per heavy atom. The molecule has 100 valence electrons. The average Bonchev–Trinajstić information content (AvgIpc) is 2.74. The van der Waals surface area contributed by atoms with Crippen LogP contribution in [0.15, 0.2) is 11.0 Å². The molecule has 0 saturated carbocycles. The highest BCUT2D eigenvalue weighted by molar-refractivity contribution is 8.20. The molecular weight excluding hydrogens is 252 g/mol. The minimum atomic E-state index is -0.104. The lowest BCUT2D eigenvalue weighted by Crippen LogP contribution is -2.39. The number of hydrogen-bond acceptors (Lipinski definition) is 4. The molecule has 0 aromatic rings. The maximum absolute atomic E-state index is 5.82. The topological polar surface area (TPSA) is 18.5 Å². The van der Waals surface area contributed by atoms with Crippen LogP contribution in [0, 0.1) is 0 Å². The Balaban J connectivity index is 2.75. The quantitative estimate of drug-likeness (QED) is 0.616. The fraction of sp³-hybridized carbons (Fsp3) is 0.846. The minimum Gasteiger partial charge on any atom is -0.351 e. The van der Waals surface area contributed by atoms with E-state index >= 15 is 0 Å². The van der Waals surface area contributed by atoms with E-state index in [0.29, 0.717) is 13.2 Å². The van der Waals surface area contributed by atoms with Gasteiger partial charge >= 0.3 is 0 Å². The van der Waals surface area contributed by atoms with E-state index in [4.69, 9.17) is 9.47 Å². The summed E-state index contributed by atoms with van der Waals surface area (Å²) in [7, 11) is 0. The van der Waals surface area contributed by atoms with Crippen LogP contribution >= 0.6 is 23.5 Å². The molecule has 4 heteroatoms. The largest absolute Gasteiger partial charge is 0.351 e. The van der Waals surface area contributed by atoms with Gasteiger partial charge in [0.05, 0.1) is 0 Å². The van der Waals surface area contributed by atoms with Gasteiger partial charge in [0.2, 0.25) is 0 Å². The lowest BCUT2D eigenvalue weighted by Gasteiger charge is -2.35. The summed E-state index contributed by atoms with van der Waals surface area (Å²) in [6.45, 7) is 9.89. The van der Waals surface area contributed by atoms with E-state index in [0.717, 1.165) is 18.6 Å². The first kappa shape index (κ1) is 15.4. The molecular formula is C13H24O2S2. The van der Waals surface area contributed by atoms with Crippen molar-refractivity contribution in [2.45, 2.75) is 50.9 Å². The average molecular weight is 276 g/mol. The summed E-state index contributed by atoms with van der Waals surface area (Å²) in [6.07, 6.45) is 4.40. The molecule has 0 N–H and O–H groups in total. The van der Waals surface area contributed by atoms with E-state index in [9.17, 15) is 0 Å². The zero-order chi connectivity index (χ0) is 12.7. The predicted octanol–water partition coefficient (Wildman–Crippen LogP) is 4.27. The Bertz CT molecular complexity index is 250. The van der Waals surface area contributed by atoms with Gasteiger partial charge in [-0.15, -0.1) is 23.5 Å². The number of hydrogen-bond donors (Lipinski definition) is 0. The molecule has 2 nitrogen and oxygen atoms in total. The summed E-state index contributed by atoms with van der Waals surface area (Å²) in [5, 5.41) is 0. The summed E-state index contributed by atoms with van der Waals surface area (Å²) >= 11 is 3.90. The summed E-state index contributed by atoms with van der Waals surface area (Å²) in [5.41, 5.74) is 0. The van der Waals surface area contributed by atoms with Crippen LogP contribution in [-0.2, 0) is 9.47 Å². The van der Waals surface area contributed by atoms with E-state index in [2.05, 4.69) is 19.9 Å². The van der Waals surface area contributed by atoms with Crippen molar-refractivity contribution in [1.82, 2.24) is 0 Å². The molecule has 1 aliphatic rings. The van der Waals surface area contributed by atoms with E-state index < -0.39 is 0 Å². The second-order valence-electron chi connectivity index (χ2n) is 3.82. The zero-order valence-corrected chi connectivity index (χ0v) is 13.0. The summed E-state index contributed by atoms with van der Waals surface area (Å²) in [4.78, 5) is 1.47. The monoisotopic (exact) mass is 276 g/mol. The smallest absolute Gasteiger partial charge is 0.181 e. The van der Waals surface area contributed by atoms with Crippen molar-refractivity contribution in [3.63, 3.8) is 0 Å². The third-order valence-electron chi connectivity index (χ3n) is 2.65. The van der Waals surface area contributed by atoms with E-state index in [1.54, 1.807) is 0 Å². The zero-order valence-electron chi connectivity index (χ0n) is 11.3. The molecule has 0 aromatic heterocycles. The highest BCUT2D eigenvalue weighted by Crippen LogP contribution is 2.53. The molecule has 0 spiro atoms. The lowest BCUT2D eigenvalue weighted by molar-refractivity contribution is -0.140. The SMILES string of the molecule is CCOC(OCC)C1(SCC)CC=C(CC)S1. The third-order valence-corrected chi connectivity index (χ3v) is 5.81. The van der Waals surface area contributed by atoms with Crippen LogP contribution in [0.25, 0.3) is 0 Å². The van der Waals surface area contributed by atoms with Crippen molar-refractivity contribution in [1.29, 1.82) is 0 Å². The second kappa shape index (κ2) is 7.72. The first-order chi connectivity index (χ1) is 8.22. The van der Waals surface area contributed by atoms with Crippen LogP contribution in [0.1, 0.15) is 40.5 Å². The molecule has 17 heavy (non-hydrogen) atoms.